The summed E-state index contributed by atoms with van der Waals surface area (Å²) in [7, 11) is 1.71. The maximum absolute atomic E-state index is 5.93. The number of aliphatic imine (C=N–C) groups is 1. The third-order valence-corrected chi connectivity index (χ3v) is 3.52. The molecule has 2 rings (SSSR count). The molecule has 0 aliphatic carbocycles. The van der Waals surface area contributed by atoms with Crippen molar-refractivity contribution in [3.63, 3.8) is 0 Å². The van der Waals surface area contributed by atoms with Crippen LogP contribution >= 0.6 is 24.0 Å². The van der Waals surface area contributed by atoms with Gasteiger partial charge in [0, 0.05) is 32.2 Å². The van der Waals surface area contributed by atoms with Crippen LogP contribution in [0.25, 0.3) is 10.8 Å². The molecule has 2 aromatic carbocycles. The zero-order valence-corrected chi connectivity index (χ0v) is 17.3. The van der Waals surface area contributed by atoms with Crippen molar-refractivity contribution in [2.24, 2.45) is 4.99 Å². The number of nitrogens with zero attached hydrogens (tertiary/aromatic N) is 1. The highest BCUT2D eigenvalue weighted by Crippen LogP contribution is 2.24. The molecule has 5 nitrogen and oxygen atoms in total. The van der Waals surface area contributed by atoms with Crippen molar-refractivity contribution in [1.29, 1.82) is 0 Å². The van der Waals surface area contributed by atoms with E-state index >= 15 is 0 Å². The summed E-state index contributed by atoms with van der Waals surface area (Å²) >= 11 is 0. The van der Waals surface area contributed by atoms with E-state index in [0.717, 1.165) is 43.2 Å². The average Bonchev–Trinajstić information content (AvgIpc) is 2.62. The molecule has 6 heteroatoms. The summed E-state index contributed by atoms with van der Waals surface area (Å²) in [5.74, 6) is 1.73. The highest BCUT2D eigenvalue weighted by molar-refractivity contribution is 14.0. The zero-order valence-electron chi connectivity index (χ0n) is 15.0. The second-order valence-electron chi connectivity index (χ2n) is 5.36. The van der Waals surface area contributed by atoms with Crippen molar-refractivity contribution in [3.05, 3.63) is 42.5 Å². The van der Waals surface area contributed by atoms with Gasteiger partial charge in [-0.05, 0) is 24.8 Å². The van der Waals surface area contributed by atoms with Crippen molar-refractivity contribution >= 4 is 40.7 Å². The molecule has 0 bridgehead atoms. The first kappa shape index (κ1) is 21.5. The lowest BCUT2D eigenvalue weighted by molar-refractivity contribution is 0.197. The van der Waals surface area contributed by atoms with Gasteiger partial charge in [-0.25, -0.2) is 0 Å². The summed E-state index contributed by atoms with van der Waals surface area (Å²) < 4.78 is 11.0. The minimum atomic E-state index is 0. The van der Waals surface area contributed by atoms with Crippen LogP contribution in [0.4, 0.5) is 0 Å². The van der Waals surface area contributed by atoms with Crippen LogP contribution in [0.1, 0.15) is 13.3 Å². The molecule has 0 saturated heterocycles. The van der Waals surface area contributed by atoms with E-state index in [-0.39, 0.29) is 24.0 Å². The smallest absolute Gasteiger partial charge is 0.191 e. The highest BCUT2D eigenvalue weighted by Gasteiger charge is 2.01. The maximum atomic E-state index is 5.93. The summed E-state index contributed by atoms with van der Waals surface area (Å²) in [4.78, 5) is 4.50. The van der Waals surface area contributed by atoms with Crippen molar-refractivity contribution in [1.82, 2.24) is 10.6 Å². The van der Waals surface area contributed by atoms with Crippen LogP contribution in [0, 0.1) is 0 Å². The number of nitrogens with one attached hydrogen (secondary N) is 2. The number of rotatable bonds is 9. The summed E-state index contributed by atoms with van der Waals surface area (Å²) in [5.41, 5.74) is 0. The topological polar surface area (TPSA) is 54.9 Å². The lowest BCUT2D eigenvalue weighted by Gasteiger charge is -2.13. The van der Waals surface area contributed by atoms with Gasteiger partial charge in [-0.1, -0.05) is 36.4 Å². The van der Waals surface area contributed by atoms with Crippen LogP contribution in [0.5, 0.6) is 5.75 Å². The third-order valence-electron chi connectivity index (χ3n) is 3.52. The number of methoxy groups -OCH3 is 1. The normalized spacial score (nSPS) is 11.0. The Morgan fingerprint density at radius 1 is 1.04 bits per heavy atom. The number of benzene rings is 2. The molecule has 138 valence electrons. The quantitative estimate of drug-likeness (QED) is 0.262. The van der Waals surface area contributed by atoms with Crippen LogP contribution < -0.4 is 15.4 Å². The standard InChI is InChI=1S/C19H27N3O2.HI/c1-3-20-19(21-12-7-14-23-2)22-13-15-24-18-11-6-9-16-8-4-5-10-17(16)18;/h4-6,8-11H,3,7,12-15H2,1-2H3,(H2,20,21,22);1H. The van der Waals surface area contributed by atoms with Gasteiger partial charge < -0.3 is 20.1 Å². The molecule has 0 spiro atoms. The van der Waals surface area contributed by atoms with E-state index in [2.05, 4.69) is 40.7 Å². The Kier molecular flexibility index (Phi) is 11.0. The van der Waals surface area contributed by atoms with Gasteiger partial charge in [0.05, 0.1) is 6.54 Å². The first-order valence-corrected chi connectivity index (χ1v) is 8.47. The molecule has 0 atom stereocenters. The molecule has 0 heterocycles. The zero-order chi connectivity index (χ0) is 17.0. The van der Waals surface area contributed by atoms with Gasteiger partial charge in [0.15, 0.2) is 5.96 Å². The molecule has 0 saturated carbocycles. The van der Waals surface area contributed by atoms with Gasteiger partial charge >= 0.3 is 0 Å². The van der Waals surface area contributed by atoms with Gasteiger partial charge in [0.1, 0.15) is 12.4 Å². The maximum Gasteiger partial charge on any atom is 0.191 e. The first-order chi connectivity index (χ1) is 11.8. The largest absolute Gasteiger partial charge is 0.491 e. The molecule has 2 N–H and O–H groups in total. The van der Waals surface area contributed by atoms with Gasteiger partial charge in [-0.3, -0.25) is 4.99 Å². The predicted molar refractivity (Wildman–Crippen MR) is 115 cm³/mol. The molecule has 0 unspecified atom stereocenters. The Labute approximate surface area is 167 Å². The first-order valence-electron chi connectivity index (χ1n) is 8.47. The van der Waals surface area contributed by atoms with E-state index in [1.54, 1.807) is 7.11 Å². The fraction of sp³-hybridized carbons (Fsp3) is 0.421. The van der Waals surface area contributed by atoms with Crippen LogP contribution in [0.2, 0.25) is 0 Å². The summed E-state index contributed by atoms with van der Waals surface area (Å²) in [5, 5.41) is 8.85. The Morgan fingerprint density at radius 3 is 2.64 bits per heavy atom. The summed E-state index contributed by atoms with van der Waals surface area (Å²) in [6, 6.07) is 14.4. The Bertz CT molecular complexity index is 644. The van der Waals surface area contributed by atoms with Gasteiger partial charge in [0.25, 0.3) is 0 Å². The van der Waals surface area contributed by atoms with Crippen LogP contribution in [-0.4, -0.2) is 45.9 Å². The number of fused-ring (bicyclic) bond motifs is 1. The van der Waals surface area contributed by atoms with E-state index in [1.165, 1.54) is 5.39 Å². The van der Waals surface area contributed by atoms with Crippen molar-refractivity contribution in [3.8, 4) is 5.75 Å². The predicted octanol–water partition coefficient (Wildman–Crippen LogP) is 3.43. The van der Waals surface area contributed by atoms with Gasteiger partial charge in [-0.2, -0.15) is 0 Å². The summed E-state index contributed by atoms with van der Waals surface area (Å²) in [6.07, 6.45) is 0.916. The van der Waals surface area contributed by atoms with Gasteiger partial charge in [-0.15, -0.1) is 24.0 Å². The van der Waals surface area contributed by atoms with Crippen molar-refractivity contribution < 1.29 is 9.47 Å². The molecule has 0 aromatic heterocycles. The molecular weight excluding hydrogens is 429 g/mol. The molecule has 0 aliphatic rings. The summed E-state index contributed by atoms with van der Waals surface area (Å²) in [6.45, 7) is 5.63. The van der Waals surface area contributed by atoms with E-state index in [1.807, 2.05) is 24.3 Å². The Balaban J connectivity index is 0.00000312. The van der Waals surface area contributed by atoms with E-state index in [4.69, 9.17) is 9.47 Å². The molecule has 0 amide bonds. The van der Waals surface area contributed by atoms with Crippen molar-refractivity contribution in [2.75, 3.05) is 40.0 Å². The van der Waals surface area contributed by atoms with E-state index < -0.39 is 0 Å². The molecule has 0 aliphatic heterocycles. The van der Waals surface area contributed by atoms with Crippen molar-refractivity contribution in [2.45, 2.75) is 13.3 Å². The van der Waals surface area contributed by atoms with Crippen LogP contribution in [-0.2, 0) is 4.74 Å². The number of hydrogen-bond donors (Lipinski definition) is 2. The number of hydrogen-bond acceptors (Lipinski definition) is 3. The van der Waals surface area contributed by atoms with E-state index in [0.29, 0.717) is 13.2 Å². The van der Waals surface area contributed by atoms with Crippen LogP contribution in [0.3, 0.4) is 0 Å². The number of halogens is 1. The second-order valence-corrected chi connectivity index (χ2v) is 5.36. The minimum absolute atomic E-state index is 0. The lowest BCUT2D eigenvalue weighted by atomic mass is 10.1. The SMILES string of the molecule is CCNC(=NCCCOC)NCCOc1cccc2ccccc12.I. The fourth-order valence-corrected chi connectivity index (χ4v) is 2.39. The Morgan fingerprint density at radius 2 is 1.84 bits per heavy atom. The number of guanidine groups is 1. The van der Waals surface area contributed by atoms with Crippen LogP contribution in [0.15, 0.2) is 47.5 Å². The third kappa shape index (κ3) is 7.48. The lowest BCUT2D eigenvalue weighted by Crippen LogP contribution is -2.39. The molecule has 25 heavy (non-hydrogen) atoms. The fourth-order valence-electron chi connectivity index (χ4n) is 2.39. The highest BCUT2D eigenvalue weighted by atomic mass is 127. The minimum Gasteiger partial charge on any atom is -0.491 e. The molecule has 0 radical (unpaired) electrons. The van der Waals surface area contributed by atoms with Gasteiger partial charge in [0.2, 0.25) is 0 Å². The molecular formula is C19H28IN3O2. The monoisotopic (exact) mass is 457 g/mol. The number of ether oxygens (including phenoxy) is 2. The molecule has 0 fully saturated rings. The Hall–Kier alpha value is -1.54. The molecule has 2 aromatic rings. The average molecular weight is 457 g/mol. The van der Waals surface area contributed by atoms with E-state index in [9.17, 15) is 0 Å². The second kappa shape index (κ2) is 12.8.